The van der Waals surface area contributed by atoms with Crippen LogP contribution in [0.2, 0.25) is 5.02 Å². The van der Waals surface area contributed by atoms with Crippen LogP contribution < -0.4 is 5.32 Å². The summed E-state index contributed by atoms with van der Waals surface area (Å²) in [6, 6.07) is 9.00. The fourth-order valence-electron chi connectivity index (χ4n) is 1.96. The number of carbonyl (C=O) groups is 1. The lowest BCUT2D eigenvalue weighted by molar-refractivity contribution is 0.0949. The predicted molar refractivity (Wildman–Crippen MR) is 73.2 cm³/mol. The number of hydrogen-bond acceptors (Lipinski definition) is 2. The van der Waals surface area contributed by atoms with Crippen LogP contribution in [0.1, 0.15) is 16.1 Å². The molecular weight excluding hydrogens is 264 g/mol. The maximum absolute atomic E-state index is 12.1. The van der Waals surface area contributed by atoms with E-state index in [2.05, 4.69) is 10.3 Å². The van der Waals surface area contributed by atoms with Gasteiger partial charge >= 0.3 is 0 Å². The van der Waals surface area contributed by atoms with Crippen molar-refractivity contribution in [2.75, 3.05) is 0 Å². The molecule has 5 heteroatoms. The van der Waals surface area contributed by atoms with E-state index in [1.807, 2.05) is 12.1 Å². The summed E-state index contributed by atoms with van der Waals surface area (Å²) in [5.41, 5.74) is 1.46. The molecule has 96 valence electrons. The van der Waals surface area contributed by atoms with Crippen molar-refractivity contribution >= 4 is 28.4 Å². The highest BCUT2D eigenvalue weighted by Gasteiger charge is 2.12. The number of hydrogen-bond donors (Lipinski definition) is 2. The van der Waals surface area contributed by atoms with E-state index in [4.69, 9.17) is 16.0 Å². The third-order valence-corrected chi connectivity index (χ3v) is 3.13. The second-order valence-corrected chi connectivity index (χ2v) is 4.59. The Balaban J connectivity index is 1.83. The fourth-order valence-corrected chi connectivity index (χ4v) is 2.13. The second kappa shape index (κ2) is 4.82. The van der Waals surface area contributed by atoms with E-state index in [1.165, 1.54) is 0 Å². The highest BCUT2D eigenvalue weighted by atomic mass is 35.5. The van der Waals surface area contributed by atoms with E-state index in [-0.39, 0.29) is 5.91 Å². The van der Waals surface area contributed by atoms with Crippen LogP contribution >= 0.6 is 11.6 Å². The van der Waals surface area contributed by atoms with Gasteiger partial charge in [0.05, 0.1) is 18.4 Å². The third-order valence-electron chi connectivity index (χ3n) is 2.89. The standard InChI is InChI=1S/C14H11ClN2O2/c15-9-3-4-13-11(6-9)12(8-16-13)14(18)17-7-10-2-1-5-19-10/h1-6,8,16H,7H2,(H,17,18). The molecule has 0 aliphatic carbocycles. The summed E-state index contributed by atoms with van der Waals surface area (Å²) in [6.45, 7) is 0.360. The van der Waals surface area contributed by atoms with Crippen molar-refractivity contribution in [2.45, 2.75) is 6.54 Å². The zero-order valence-corrected chi connectivity index (χ0v) is 10.7. The minimum Gasteiger partial charge on any atom is -0.467 e. The van der Waals surface area contributed by atoms with Gasteiger partial charge in [0, 0.05) is 22.1 Å². The van der Waals surface area contributed by atoms with Crippen LogP contribution in [-0.2, 0) is 6.54 Å². The molecule has 0 spiro atoms. The summed E-state index contributed by atoms with van der Waals surface area (Å²) in [4.78, 5) is 15.2. The van der Waals surface area contributed by atoms with E-state index in [0.717, 1.165) is 10.9 Å². The number of amides is 1. The Hall–Kier alpha value is -2.20. The van der Waals surface area contributed by atoms with Crippen LogP contribution in [-0.4, -0.2) is 10.9 Å². The molecule has 3 aromatic rings. The molecule has 0 atom stereocenters. The number of benzene rings is 1. The van der Waals surface area contributed by atoms with Gasteiger partial charge < -0.3 is 14.7 Å². The van der Waals surface area contributed by atoms with E-state index in [1.54, 1.807) is 30.7 Å². The number of fused-ring (bicyclic) bond motifs is 1. The van der Waals surface area contributed by atoms with Crippen molar-refractivity contribution in [2.24, 2.45) is 0 Å². The number of nitrogens with one attached hydrogen (secondary N) is 2. The van der Waals surface area contributed by atoms with Gasteiger partial charge in [-0.05, 0) is 30.3 Å². The Morgan fingerprint density at radius 2 is 2.26 bits per heavy atom. The molecule has 0 aliphatic heterocycles. The van der Waals surface area contributed by atoms with Crippen molar-refractivity contribution in [3.63, 3.8) is 0 Å². The molecule has 4 nitrogen and oxygen atoms in total. The Labute approximate surface area is 114 Å². The smallest absolute Gasteiger partial charge is 0.253 e. The predicted octanol–water partition coefficient (Wildman–Crippen LogP) is 3.34. The summed E-state index contributed by atoms with van der Waals surface area (Å²) in [7, 11) is 0. The average Bonchev–Trinajstić information content (AvgIpc) is 3.04. The summed E-state index contributed by atoms with van der Waals surface area (Å²) in [6.07, 6.45) is 3.26. The number of rotatable bonds is 3. The lowest BCUT2D eigenvalue weighted by atomic mass is 10.1. The molecule has 0 radical (unpaired) electrons. The molecule has 0 unspecified atom stereocenters. The molecule has 19 heavy (non-hydrogen) atoms. The van der Waals surface area contributed by atoms with E-state index in [9.17, 15) is 4.79 Å². The largest absolute Gasteiger partial charge is 0.467 e. The lowest BCUT2D eigenvalue weighted by Crippen LogP contribution is -2.22. The Bertz CT molecular complexity index is 716. The van der Waals surface area contributed by atoms with Gasteiger partial charge in [-0.25, -0.2) is 0 Å². The third kappa shape index (κ3) is 2.35. The van der Waals surface area contributed by atoms with Gasteiger partial charge in [0.15, 0.2) is 0 Å². The quantitative estimate of drug-likeness (QED) is 0.769. The highest BCUT2D eigenvalue weighted by Crippen LogP contribution is 2.22. The lowest BCUT2D eigenvalue weighted by Gasteiger charge is -2.02. The molecule has 3 rings (SSSR count). The topological polar surface area (TPSA) is 58.0 Å². The van der Waals surface area contributed by atoms with Gasteiger partial charge in [-0.15, -0.1) is 0 Å². The number of carbonyl (C=O) groups excluding carboxylic acids is 1. The van der Waals surface area contributed by atoms with Gasteiger partial charge in [-0.1, -0.05) is 11.6 Å². The van der Waals surface area contributed by atoms with Crippen molar-refractivity contribution in [3.8, 4) is 0 Å². The molecule has 0 saturated heterocycles. The van der Waals surface area contributed by atoms with E-state index in [0.29, 0.717) is 22.9 Å². The first-order chi connectivity index (χ1) is 9.24. The maximum atomic E-state index is 12.1. The van der Waals surface area contributed by atoms with Crippen LogP contribution in [0.25, 0.3) is 10.9 Å². The second-order valence-electron chi connectivity index (χ2n) is 4.15. The first-order valence-corrected chi connectivity index (χ1v) is 6.19. The fraction of sp³-hybridized carbons (Fsp3) is 0.0714. The molecule has 2 N–H and O–H groups in total. The molecule has 0 aliphatic rings. The molecule has 1 amide bonds. The van der Waals surface area contributed by atoms with Crippen LogP contribution in [0.5, 0.6) is 0 Å². The first kappa shape index (κ1) is 11.9. The molecule has 1 aromatic carbocycles. The monoisotopic (exact) mass is 274 g/mol. The van der Waals surface area contributed by atoms with E-state index < -0.39 is 0 Å². The van der Waals surface area contributed by atoms with Crippen molar-refractivity contribution in [1.29, 1.82) is 0 Å². The van der Waals surface area contributed by atoms with Crippen LogP contribution in [0, 0.1) is 0 Å². The molecule has 0 saturated carbocycles. The van der Waals surface area contributed by atoms with Gasteiger partial charge in [-0.2, -0.15) is 0 Å². The Morgan fingerprint density at radius 3 is 3.05 bits per heavy atom. The minimum absolute atomic E-state index is 0.162. The molecule has 2 heterocycles. The Kier molecular flexibility index (Phi) is 3.01. The summed E-state index contributed by atoms with van der Waals surface area (Å²) < 4.78 is 5.16. The highest BCUT2D eigenvalue weighted by molar-refractivity contribution is 6.31. The Morgan fingerprint density at radius 1 is 1.37 bits per heavy atom. The zero-order valence-electron chi connectivity index (χ0n) is 9.94. The van der Waals surface area contributed by atoms with Crippen LogP contribution in [0.15, 0.2) is 47.2 Å². The number of aromatic nitrogens is 1. The number of halogens is 1. The van der Waals surface area contributed by atoms with Crippen molar-refractivity contribution in [1.82, 2.24) is 10.3 Å². The molecule has 2 aromatic heterocycles. The maximum Gasteiger partial charge on any atom is 0.253 e. The van der Waals surface area contributed by atoms with Crippen LogP contribution in [0.4, 0.5) is 0 Å². The summed E-state index contributed by atoms with van der Waals surface area (Å²) in [5.74, 6) is 0.552. The van der Waals surface area contributed by atoms with Gasteiger partial charge in [-0.3, -0.25) is 4.79 Å². The number of furan rings is 1. The van der Waals surface area contributed by atoms with Crippen molar-refractivity contribution < 1.29 is 9.21 Å². The SMILES string of the molecule is O=C(NCc1ccco1)c1c[nH]c2ccc(Cl)cc12. The van der Waals surface area contributed by atoms with Gasteiger partial charge in [0.2, 0.25) is 0 Å². The normalized spacial score (nSPS) is 10.8. The molecule has 0 fully saturated rings. The van der Waals surface area contributed by atoms with Gasteiger partial charge in [0.1, 0.15) is 5.76 Å². The van der Waals surface area contributed by atoms with Crippen molar-refractivity contribution in [3.05, 3.63) is 59.1 Å². The molecule has 0 bridgehead atoms. The first-order valence-electron chi connectivity index (χ1n) is 5.81. The van der Waals surface area contributed by atoms with Gasteiger partial charge in [0.25, 0.3) is 5.91 Å². The van der Waals surface area contributed by atoms with Crippen LogP contribution in [0.3, 0.4) is 0 Å². The molecular formula is C14H11ClN2O2. The average molecular weight is 275 g/mol. The minimum atomic E-state index is -0.162. The number of H-pyrrole nitrogens is 1. The summed E-state index contributed by atoms with van der Waals surface area (Å²) in [5, 5.41) is 4.22. The zero-order chi connectivity index (χ0) is 13.2. The number of aromatic amines is 1. The summed E-state index contributed by atoms with van der Waals surface area (Å²) >= 11 is 5.95. The van der Waals surface area contributed by atoms with E-state index >= 15 is 0 Å².